The first-order chi connectivity index (χ1) is 8.37. The number of amides is 1. The normalized spacial score (nSPS) is 20.2. The van der Waals surface area contributed by atoms with Crippen molar-refractivity contribution >= 4 is 37.2 Å². The molecule has 0 fully saturated rings. The summed E-state index contributed by atoms with van der Waals surface area (Å²) in [7, 11) is -4.27. The van der Waals surface area contributed by atoms with E-state index < -0.39 is 26.0 Å². The fourth-order valence-electron chi connectivity index (χ4n) is 1.25. The number of rotatable bonds is 4. The summed E-state index contributed by atoms with van der Waals surface area (Å²) in [5.74, 6) is -0.447. The third kappa shape index (κ3) is 2.82. The minimum atomic E-state index is -4.27. The van der Waals surface area contributed by atoms with Gasteiger partial charge in [0.2, 0.25) is 0 Å². The third-order valence-corrected chi connectivity index (χ3v) is 2.56. The smallest absolute Gasteiger partial charge is 0.351 e. The van der Waals surface area contributed by atoms with Gasteiger partial charge in [0.25, 0.3) is 0 Å². The molecule has 0 aromatic rings. The van der Waals surface area contributed by atoms with Gasteiger partial charge in [-0.25, -0.2) is 15.0 Å². The Morgan fingerprint density at radius 2 is 2.17 bits per heavy atom. The number of fused-ring (bicyclic) bond motifs is 1. The van der Waals surface area contributed by atoms with E-state index >= 15 is 0 Å². The summed E-state index contributed by atoms with van der Waals surface area (Å²) in [5, 5.41) is 0. The van der Waals surface area contributed by atoms with Gasteiger partial charge in [0.05, 0.1) is 0 Å². The highest BCUT2D eigenvalue weighted by Gasteiger charge is 2.28. The monoisotopic (exact) mass is 272 g/mol. The molecule has 1 unspecified atom stereocenters. The van der Waals surface area contributed by atoms with E-state index in [1.54, 1.807) is 0 Å². The van der Waals surface area contributed by atoms with Gasteiger partial charge >= 0.3 is 13.5 Å². The summed E-state index contributed by atoms with van der Waals surface area (Å²) in [5.41, 5.74) is 0.0564. The zero-order valence-corrected chi connectivity index (χ0v) is 10.1. The van der Waals surface area contributed by atoms with Crippen molar-refractivity contribution in [2.24, 2.45) is 20.0 Å². The Balaban J connectivity index is 2.10. The predicted octanol–water partition coefficient (Wildman–Crippen LogP) is -0.653. The summed E-state index contributed by atoms with van der Waals surface area (Å²) < 4.78 is 15.5. The molecule has 0 aromatic heterocycles. The minimum absolute atomic E-state index is 0.0152. The number of hydrogen-bond acceptors (Lipinski definition) is 6. The molecule has 2 rings (SSSR count). The summed E-state index contributed by atoms with van der Waals surface area (Å²) in [6.07, 6.45) is -0.409. The molecule has 2 heterocycles. The third-order valence-electron chi connectivity index (χ3n) is 2.07. The molecule has 0 aliphatic carbocycles. The molecule has 96 valence electrons. The van der Waals surface area contributed by atoms with Gasteiger partial charge in [-0.3, -0.25) is 9.36 Å². The van der Waals surface area contributed by atoms with Crippen LogP contribution in [-0.2, 0) is 14.1 Å². The fourth-order valence-corrected chi connectivity index (χ4v) is 1.67. The lowest BCUT2D eigenvalue weighted by molar-refractivity contribution is -0.111. The van der Waals surface area contributed by atoms with Gasteiger partial charge in [0.15, 0.2) is 17.4 Å². The zero-order chi connectivity index (χ0) is 13.3. The molecule has 0 bridgehead atoms. The number of hydrogen-bond donors (Lipinski definition) is 2. The molecular formula is C8H9N4O5P. The van der Waals surface area contributed by atoms with Crippen LogP contribution >= 0.6 is 7.60 Å². The average Bonchev–Trinajstić information content (AvgIpc) is 2.73. The Labute approximate surface area is 101 Å². The van der Waals surface area contributed by atoms with Crippen molar-refractivity contribution < 1.29 is 23.9 Å². The van der Waals surface area contributed by atoms with Crippen LogP contribution in [0.15, 0.2) is 20.0 Å². The highest BCUT2D eigenvalue weighted by molar-refractivity contribution is 7.51. The standard InChI is InChI=1S/C8H9N4O5P/c1-4(17-3-18(14,15)16)6-11-7-5(8(13)12-6)9-2-10-7/h2,4H,3H2,1H3,(H2,14,15,16). The number of ether oxygens (including phenoxy) is 1. The molecular weight excluding hydrogens is 263 g/mol. The van der Waals surface area contributed by atoms with Gasteiger partial charge in [-0.05, 0) is 6.92 Å². The first-order valence-corrected chi connectivity index (χ1v) is 6.65. The van der Waals surface area contributed by atoms with E-state index in [-0.39, 0.29) is 17.4 Å². The SMILES string of the molecule is CC(OCP(=O)(O)O)C1=NC(=O)C2=NC=NC2=N1. The molecule has 2 N–H and O–H groups in total. The van der Waals surface area contributed by atoms with Crippen molar-refractivity contribution in [2.45, 2.75) is 13.0 Å². The fraction of sp³-hybridized carbons (Fsp3) is 0.375. The predicted molar refractivity (Wildman–Crippen MR) is 63.3 cm³/mol. The van der Waals surface area contributed by atoms with Crippen LogP contribution in [0.25, 0.3) is 0 Å². The molecule has 0 aromatic carbocycles. The summed E-state index contributed by atoms with van der Waals surface area (Å²) in [6, 6.07) is 0. The molecule has 2 aliphatic rings. The van der Waals surface area contributed by atoms with Crippen LogP contribution in [0.1, 0.15) is 6.92 Å². The van der Waals surface area contributed by atoms with Crippen molar-refractivity contribution in [3.8, 4) is 0 Å². The van der Waals surface area contributed by atoms with Crippen molar-refractivity contribution in [1.82, 2.24) is 0 Å². The zero-order valence-electron chi connectivity index (χ0n) is 9.22. The summed E-state index contributed by atoms with van der Waals surface area (Å²) >= 11 is 0. The summed E-state index contributed by atoms with van der Waals surface area (Å²) in [6.45, 7) is 1.48. The molecule has 18 heavy (non-hydrogen) atoms. The summed E-state index contributed by atoms with van der Waals surface area (Å²) in [4.78, 5) is 43.9. The van der Waals surface area contributed by atoms with Crippen molar-refractivity contribution in [1.29, 1.82) is 0 Å². The van der Waals surface area contributed by atoms with Crippen LogP contribution in [-0.4, -0.2) is 51.9 Å². The molecule has 0 spiro atoms. The van der Waals surface area contributed by atoms with E-state index in [1.165, 1.54) is 13.3 Å². The van der Waals surface area contributed by atoms with Crippen LogP contribution in [0.4, 0.5) is 0 Å². The topological polar surface area (TPSA) is 133 Å². The van der Waals surface area contributed by atoms with Crippen LogP contribution in [0.5, 0.6) is 0 Å². The highest BCUT2D eigenvalue weighted by atomic mass is 31.2. The molecule has 0 saturated carbocycles. The molecule has 9 nitrogen and oxygen atoms in total. The second kappa shape index (κ2) is 4.62. The van der Waals surface area contributed by atoms with E-state index in [2.05, 4.69) is 20.0 Å². The maximum absolute atomic E-state index is 11.5. The Bertz CT molecular complexity index is 558. The van der Waals surface area contributed by atoms with Gasteiger partial charge < -0.3 is 14.5 Å². The van der Waals surface area contributed by atoms with Gasteiger partial charge in [0.1, 0.15) is 18.8 Å². The van der Waals surface area contributed by atoms with Gasteiger partial charge in [-0.2, -0.15) is 4.99 Å². The molecule has 10 heteroatoms. The van der Waals surface area contributed by atoms with Crippen molar-refractivity contribution in [3.63, 3.8) is 0 Å². The lowest BCUT2D eigenvalue weighted by atomic mass is 10.2. The van der Waals surface area contributed by atoms with Crippen LogP contribution < -0.4 is 0 Å². The van der Waals surface area contributed by atoms with Crippen LogP contribution in [0.2, 0.25) is 0 Å². The van der Waals surface area contributed by atoms with E-state index in [9.17, 15) is 9.36 Å². The Hall–Kier alpha value is -1.54. The molecule has 1 atom stereocenters. The molecule has 0 radical (unpaired) electrons. The molecule has 1 amide bonds. The minimum Gasteiger partial charge on any atom is -0.358 e. The van der Waals surface area contributed by atoms with Gasteiger partial charge in [0, 0.05) is 0 Å². The quantitative estimate of drug-likeness (QED) is 0.656. The van der Waals surface area contributed by atoms with E-state index in [0.29, 0.717) is 0 Å². The number of carbonyl (C=O) groups excluding carboxylic acids is 1. The number of nitrogens with zero attached hydrogens (tertiary/aromatic N) is 4. The number of aliphatic imine (C=N–C) groups is 4. The second-order valence-electron chi connectivity index (χ2n) is 3.54. The lowest BCUT2D eigenvalue weighted by Crippen LogP contribution is -2.31. The lowest BCUT2D eigenvalue weighted by Gasteiger charge is -2.15. The average molecular weight is 272 g/mol. The first kappa shape index (κ1) is 12.9. The second-order valence-corrected chi connectivity index (χ2v) is 5.12. The Morgan fingerprint density at radius 1 is 1.44 bits per heavy atom. The maximum atomic E-state index is 11.5. The highest BCUT2D eigenvalue weighted by Crippen LogP contribution is 2.34. The van der Waals surface area contributed by atoms with Gasteiger partial charge in [-0.1, -0.05) is 0 Å². The van der Waals surface area contributed by atoms with Crippen molar-refractivity contribution in [2.75, 3.05) is 6.35 Å². The van der Waals surface area contributed by atoms with Crippen LogP contribution in [0.3, 0.4) is 0 Å². The largest absolute Gasteiger partial charge is 0.358 e. The molecule has 2 aliphatic heterocycles. The Kier molecular flexibility index (Phi) is 3.31. The molecule has 0 saturated heterocycles. The number of carbonyl (C=O) groups is 1. The van der Waals surface area contributed by atoms with Crippen molar-refractivity contribution in [3.05, 3.63) is 0 Å². The first-order valence-electron chi connectivity index (χ1n) is 4.85. The van der Waals surface area contributed by atoms with Crippen LogP contribution in [0, 0.1) is 0 Å². The maximum Gasteiger partial charge on any atom is 0.351 e. The van der Waals surface area contributed by atoms with E-state index in [1.807, 2.05) is 0 Å². The van der Waals surface area contributed by atoms with E-state index in [4.69, 9.17) is 14.5 Å². The Morgan fingerprint density at radius 3 is 2.83 bits per heavy atom. The van der Waals surface area contributed by atoms with E-state index in [0.717, 1.165) is 0 Å². The number of amidine groups is 2. The van der Waals surface area contributed by atoms with Gasteiger partial charge in [-0.15, -0.1) is 0 Å².